The fourth-order valence-electron chi connectivity index (χ4n) is 1.33. The van der Waals surface area contributed by atoms with Crippen LogP contribution in [0, 0.1) is 10.8 Å². The van der Waals surface area contributed by atoms with Gasteiger partial charge in [0, 0.05) is 1.43 Å². The molecule has 1 heteroatoms. The van der Waals surface area contributed by atoms with Gasteiger partial charge in [-0.3, -0.25) is 0 Å². The molecule has 0 aliphatic heterocycles. The zero-order valence-electron chi connectivity index (χ0n) is 11.0. The Balaban J connectivity index is 0. The SMILES string of the molecule is CCC(C)(C)CCCNCC(C)(C)C.[HH]. The predicted molar refractivity (Wildman–Crippen MR) is 67.7 cm³/mol. The minimum atomic E-state index is 0. The van der Waals surface area contributed by atoms with Crippen molar-refractivity contribution < 1.29 is 1.43 Å². The molecule has 14 heavy (non-hydrogen) atoms. The summed E-state index contributed by atoms with van der Waals surface area (Å²) in [6.07, 6.45) is 3.92. The van der Waals surface area contributed by atoms with Crippen LogP contribution in [-0.4, -0.2) is 13.1 Å². The molecule has 0 aromatic rings. The molecule has 0 amide bonds. The first kappa shape index (κ1) is 14.0. The lowest BCUT2D eigenvalue weighted by Gasteiger charge is -2.23. The van der Waals surface area contributed by atoms with Crippen molar-refractivity contribution in [3.8, 4) is 0 Å². The standard InChI is InChI=1S/C13H29N.H2/c1-7-13(5,6)9-8-10-14-11-12(2,3)4;/h14H,7-11H2,1-6H3;1H. The van der Waals surface area contributed by atoms with E-state index in [2.05, 4.69) is 46.9 Å². The van der Waals surface area contributed by atoms with E-state index in [9.17, 15) is 0 Å². The van der Waals surface area contributed by atoms with Gasteiger partial charge in [-0.15, -0.1) is 0 Å². The molecule has 1 N–H and O–H groups in total. The van der Waals surface area contributed by atoms with Gasteiger partial charge in [0.2, 0.25) is 0 Å². The molecular formula is C13H31N. The summed E-state index contributed by atoms with van der Waals surface area (Å²) in [6, 6.07) is 0. The van der Waals surface area contributed by atoms with Crippen LogP contribution in [0.25, 0.3) is 0 Å². The molecule has 0 unspecified atom stereocenters. The lowest BCUT2D eigenvalue weighted by Crippen LogP contribution is -2.28. The minimum absolute atomic E-state index is 0. The Morgan fingerprint density at radius 1 is 1.07 bits per heavy atom. The molecule has 0 atom stereocenters. The largest absolute Gasteiger partial charge is 0.316 e. The summed E-state index contributed by atoms with van der Waals surface area (Å²) in [4.78, 5) is 0. The van der Waals surface area contributed by atoms with Crippen LogP contribution in [-0.2, 0) is 0 Å². The van der Waals surface area contributed by atoms with Gasteiger partial charge in [-0.2, -0.15) is 0 Å². The lowest BCUT2D eigenvalue weighted by molar-refractivity contribution is 0.304. The maximum Gasteiger partial charge on any atom is 0 e. The monoisotopic (exact) mass is 201 g/mol. The summed E-state index contributed by atoms with van der Waals surface area (Å²) < 4.78 is 0. The van der Waals surface area contributed by atoms with E-state index in [1.54, 1.807) is 0 Å². The molecule has 0 aromatic carbocycles. The van der Waals surface area contributed by atoms with Crippen LogP contribution in [0.4, 0.5) is 0 Å². The van der Waals surface area contributed by atoms with Gasteiger partial charge in [-0.25, -0.2) is 0 Å². The number of hydrogen-bond acceptors (Lipinski definition) is 1. The van der Waals surface area contributed by atoms with Crippen LogP contribution >= 0.6 is 0 Å². The third-order valence-corrected chi connectivity index (χ3v) is 2.82. The van der Waals surface area contributed by atoms with Crippen LogP contribution in [0.15, 0.2) is 0 Å². The molecule has 0 aromatic heterocycles. The second-order valence-electron chi connectivity index (χ2n) is 6.36. The highest BCUT2D eigenvalue weighted by atomic mass is 14.9. The third-order valence-electron chi connectivity index (χ3n) is 2.82. The molecule has 0 rings (SSSR count). The van der Waals surface area contributed by atoms with E-state index in [1.165, 1.54) is 25.8 Å². The molecular weight excluding hydrogens is 170 g/mol. The van der Waals surface area contributed by atoms with Gasteiger partial charge < -0.3 is 5.32 Å². The smallest absolute Gasteiger partial charge is 0 e. The summed E-state index contributed by atoms with van der Waals surface area (Å²) in [6.45, 7) is 16.1. The van der Waals surface area contributed by atoms with Crippen molar-refractivity contribution in [2.75, 3.05) is 13.1 Å². The summed E-state index contributed by atoms with van der Waals surface area (Å²) in [5.74, 6) is 0. The highest BCUT2D eigenvalue weighted by molar-refractivity contribution is 4.68. The maximum absolute atomic E-state index is 3.52. The van der Waals surface area contributed by atoms with Crippen molar-refractivity contribution in [3.05, 3.63) is 0 Å². The molecule has 0 bridgehead atoms. The fourth-order valence-corrected chi connectivity index (χ4v) is 1.33. The Hall–Kier alpha value is -0.0400. The van der Waals surface area contributed by atoms with Crippen molar-refractivity contribution >= 4 is 0 Å². The first-order valence-electron chi connectivity index (χ1n) is 5.97. The summed E-state index contributed by atoms with van der Waals surface area (Å²) in [7, 11) is 0. The zero-order chi connectivity index (χ0) is 11.2. The zero-order valence-corrected chi connectivity index (χ0v) is 11.0. The highest BCUT2D eigenvalue weighted by Crippen LogP contribution is 2.25. The van der Waals surface area contributed by atoms with E-state index in [0.29, 0.717) is 10.8 Å². The molecule has 0 heterocycles. The molecule has 1 nitrogen and oxygen atoms in total. The fraction of sp³-hybridized carbons (Fsp3) is 1.00. The number of rotatable bonds is 6. The van der Waals surface area contributed by atoms with Crippen molar-refractivity contribution in [2.24, 2.45) is 10.8 Å². The Morgan fingerprint density at radius 2 is 1.64 bits per heavy atom. The van der Waals surface area contributed by atoms with Crippen molar-refractivity contribution in [1.29, 1.82) is 0 Å². The number of hydrogen-bond donors (Lipinski definition) is 1. The first-order chi connectivity index (χ1) is 6.27. The topological polar surface area (TPSA) is 12.0 Å². The van der Waals surface area contributed by atoms with E-state index in [4.69, 9.17) is 0 Å². The van der Waals surface area contributed by atoms with Gasteiger partial charge >= 0.3 is 0 Å². The van der Waals surface area contributed by atoms with Gasteiger partial charge in [-0.05, 0) is 36.8 Å². The quantitative estimate of drug-likeness (QED) is 0.638. The predicted octanol–water partition coefficient (Wildman–Crippen LogP) is 4.08. The Morgan fingerprint density at radius 3 is 2.07 bits per heavy atom. The minimum Gasteiger partial charge on any atom is -0.316 e. The van der Waals surface area contributed by atoms with Crippen molar-refractivity contribution in [3.63, 3.8) is 0 Å². The molecule has 0 saturated heterocycles. The van der Waals surface area contributed by atoms with E-state index >= 15 is 0 Å². The normalized spacial score (nSPS) is 13.3. The second-order valence-corrected chi connectivity index (χ2v) is 6.36. The summed E-state index contributed by atoms with van der Waals surface area (Å²) in [5.41, 5.74) is 0.948. The summed E-state index contributed by atoms with van der Waals surface area (Å²) >= 11 is 0. The Kier molecular flexibility index (Phi) is 5.73. The van der Waals surface area contributed by atoms with Gasteiger partial charge in [0.15, 0.2) is 0 Å². The molecule has 0 aliphatic carbocycles. The van der Waals surface area contributed by atoms with Crippen molar-refractivity contribution in [2.45, 2.75) is 60.8 Å². The van der Waals surface area contributed by atoms with E-state index in [1.807, 2.05) is 0 Å². The Labute approximate surface area is 92.2 Å². The Bertz CT molecular complexity index is 147. The van der Waals surface area contributed by atoms with E-state index < -0.39 is 0 Å². The van der Waals surface area contributed by atoms with Crippen LogP contribution < -0.4 is 5.32 Å². The second kappa shape index (κ2) is 5.75. The van der Waals surface area contributed by atoms with Gasteiger partial charge in [0.1, 0.15) is 0 Å². The van der Waals surface area contributed by atoms with Gasteiger partial charge in [0.05, 0.1) is 0 Å². The van der Waals surface area contributed by atoms with E-state index in [-0.39, 0.29) is 1.43 Å². The molecule has 88 valence electrons. The van der Waals surface area contributed by atoms with Crippen LogP contribution in [0.5, 0.6) is 0 Å². The van der Waals surface area contributed by atoms with E-state index in [0.717, 1.165) is 6.54 Å². The molecule has 0 radical (unpaired) electrons. The molecule has 0 fully saturated rings. The summed E-state index contributed by atoms with van der Waals surface area (Å²) in [5, 5.41) is 3.52. The van der Waals surface area contributed by atoms with Crippen LogP contribution in [0.2, 0.25) is 0 Å². The average Bonchev–Trinajstić information content (AvgIpc) is 2.01. The van der Waals surface area contributed by atoms with Crippen molar-refractivity contribution in [1.82, 2.24) is 5.32 Å². The molecule has 0 saturated carbocycles. The highest BCUT2D eigenvalue weighted by Gasteiger charge is 2.14. The lowest BCUT2D eigenvalue weighted by atomic mass is 9.85. The molecule has 0 aliphatic rings. The van der Waals surface area contributed by atoms with Crippen LogP contribution in [0.3, 0.4) is 0 Å². The molecule has 0 spiro atoms. The number of nitrogens with one attached hydrogen (secondary N) is 1. The van der Waals surface area contributed by atoms with Gasteiger partial charge in [0.25, 0.3) is 0 Å². The van der Waals surface area contributed by atoms with Gasteiger partial charge in [-0.1, -0.05) is 48.0 Å². The third kappa shape index (κ3) is 8.55. The van der Waals surface area contributed by atoms with Crippen LogP contribution in [0.1, 0.15) is 62.2 Å². The maximum atomic E-state index is 3.52. The first-order valence-corrected chi connectivity index (χ1v) is 5.97. The average molecular weight is 201 g/mol.